The van der Waals surface area contributed by atoms with Crippen LogP contribution in [-0.2, 0) is 4.79 Å². The average molecular weight is 351 g/mol. The molecule has 1 N–H and O–H groups in total. The molecule has 108 valence electrons. The van der Waals surface area contributed by atoms with E-state index in [4.69, 9.17) is 4.74 Å². The highest BCUT2D eigenvalue weighted by atomic mass is 79.9. The second kappa shape index (κ2) is 6.85. The van der Waals surface area contributed by atoms with Gasteiger partial charge in [-0.25, -0.2) is 0 Å². The van der Waals surface area contributed by atoms with Crippen LogP contribution in [0.2, 0.25) is 0 Å². The van der Waals surface area contributed by atoms with Crippen molar-refractivity contribution in [3.8, 4) is 5.75 Å². The number of hydrogen-bond donors (Lipinski definition) is 1. The van der Waals surface area contributed by atoms with Crippen molar-refractivity contribution in [1.82, 2.24) is 0 Å². The molecular formula is C14H11BrN2O4. The molecule has 0 aromatic heterocycles. The Morgan fingerprint density at radius 3 is 2.33 bits per heavy atom. The van der Waals surface area contributed by atoms with Crippen molar-refractivity contribution < 1.29 is 14.5 Å². The lowest BCUT2D eigenvalue weighted by atomic mass is 10.3. The van der Waals surface area contributed by atoms with Gasteiger partial charge in [0.15, 0.2) is 6.61 Å². The van der Waals surface area contributed by atoms with E-state index in [9.17, 15) is 14.9 Å². The normalized spacial score (nSPS) is 9.95. The number of ether oxygens (including phenoxy) is 1. The van der Waals surface area contributed by atoms with E-state index in [1.165, 1.54) is 24.3 Å². The molecule has 7 heteroatoms. The fraction of sp³-hybridized carbons (Fsp3) is 0.0714. The molecule has 0 heterocycles. The Morgan fingerprint density at radius 2 is 1.76 bits per heavy atom. The number of benzene rings is 2. The molecule has 2 aromatic rings. The van der Waals surface area contributed by atoms with Gasteiger partial charge in [-0.1, -0.05) is 15.9 Å². The summed E-state index contributed by atoms with van der Waals surface area (Å²) in [7, 11) is 0. The molecule has 0 radical (unpaired) electrons. The number of amides is 1. The zero-order chi connectivity index (χ0) is 15.2. The first-order chi connectivity index (χ1) is 10.0. The lowest BCUT2D eigenvalue weighted by Crippen LogP contribution is -2.20. The standard InChI is InChI=1S/C14H11BrN2O4/c15-10-1-7-13(8-2-10)21-9-14(18)16-11-3-5-12(6-4-11)17(19)20/h1-8H,9H2,(H,16,18). The first-order valence-electron chi connectivity index (χ1n) is 5.97. The van der Waals surface area contributed by atoms with Gasteiger partial charge in [0.2, 0.25) is 0 Å². The summed E-state index contributed by atoms with van der Waals surface area (Å²) >= 11 is 3.30. The number of carbonyl (C=O) groups is 1. The summed E-state index contributed by atoms with van der Waals surface area (Å²) in [6.45, 7) is -0.140. The summed E-state index contributed by atoms with van der Waals surface area (Å²) in [5.41, 5.74) is 0.448. The number of halogens is 1. The van der Waals surface area contributed by atoms with Gasteiger partial charge < -0.3 is 10.1 Å². The van der Waals surface area contributed by atoms with Gasteiger partial charge >= 0.3 is 0 Å². The number of nitrogens with one attached hydrogen (secondary N) is 1. The van der Waals surface area contributed by atoms with E-state index in [0.29, 0.717) is 11.4 Å². The Balaban J connectivity index is 1.86. The topological polar surface area (TPSA) is 81.5 Å². The second-order valence-electron chi connectivity index (χ2n) is 4.09. The number of rotatable bonds is 5. The van der Waals surface area contributed by atoms with Crippen molar-refractivity contribution in [3.05, 3.63) is 63.1 Å². The van der Waals surface area contributed by atoms with Crippen LogP contribution in [-0.4, -0.2) is 17.4 Å². The molecule has 0 spiro atoms. The predicted molar refractivity (Wildman–Crippen MR) is 81.4 cm³/mol. The molecule has 21 heavy (non-hydrogen) atoms. The maximum Gasteiger partial charge on any atom is 0.269 e. The highest BCUT2D eigenvalue weighted by Crippen LogP contribution is 2.17. The van der Waals surface area contributed by atoms with Crippen LogP contribution < -0.4 is 10.1 Å². The third-order valence-electron chi connectivity index (χ3n) is 2.55. The van der Waals surface area contributed by atoms with Gasteiger partial charge in [-0.2, -0.15) is 0 Å². The van der Waals surface area contributed by atoms with E-state index in [0.717, 1.165) is 4.47 Å². The van der Waals surface area contributed by atoms with Crippen LogP contribution in [0.15, 0.2) is 53.0 Å². The summed E-state index contributed by atoms with van der Waals surface area (Å²) in [5, 5.41) is 13.1. The Hall–Kier alpha value is -2.41. The van der Waals surface area contributed by atoms with Crippen molar-refractivity contribution in [2.45, 2.75) is 0 Å². The van der Waals surface area contributed by atoms with E-state index in [2.05, 4.69) is 21.2 Å². The van der Waals surface area contributed by atoms with Gasteiger partial charge in [-0.05, 0) is 36.4 Å². The van der Waals surface area contributed by atoms with Gasteiger partial charge in [0.25, 0.3) is 11.6 Å². The maximum atomic E-state index is 11.7. The summed E-state index contributed by atoms with van der Waals surface area (Å²) in [4.78, 5) is 21.7. The molecule has 0 aliphatic carbocycles. The van der Waals surface area contributed by atoms with Gasteiger partial charge in [0.05, 0.1) is 4.92 Å². The largest absolute Gasteiger partial charge is 0.484 e. The third-order valence-corrected chi connectivity index (χ3v) is 3.07. The SMILES string of the molecule is O=C(COc1ccc(Br)cc1)Nc1ccc([N+](=O)[O-])cc1. The van der Waals surface area contributed by atoms with Crippen LogP contribution in [0.25, 0.3) is 0 Å². The summed E-state index contributed by atoms with van der Waals surface area (Å²) < 4.78 is 6.24. The summed E-state index contributed by atoms with van der Waals surface area (Å²) in [5.74, 6) is 0.240. The van der Waals surface area contributed by atoms with E-state index in [-0.39, 0.29) is 18.2 Å². The highest BCUT2D eigenvalue weighted by molar-refractivity contribution is 9.10. The molecule has 0 aliphatic rings. The number of non-ortho nitro benzene ring substituents is 1. The minimum atomic E-state index is -0.498. The van der Waals surface area contributed by atoms with E-state index >= 15 is 0 Å². The van der Waals surface area contributed by atoms with E-state index in [1.54, 1.807) is 12.1 Å². The molecule has 1 amide bonds. The number of carbonyl (C=O) groups excluding carboxylic acids is 1. The quantitative estimate of drug-likeness (QED) is 0.661. The Bertz CT molecular complexity index is 641. The lowest BCUT2D eigenvalue weighted by Gasteiger charge is -2.07. The van der Waals surface area contributed by atoms with Gasteiger partial charge in [-0.3, -0.25) is 14.9 Å². The van der Waals surface area contributed by atoms with Crippen molar-refractivity contribution in [2.75, 3.05) is 11.9 Å². The predicted octanol–water partition coefficient (Wildman–Crippen LogP) is 3.37. The Morgan fingerprint density at radius 1 is 1.14 bits per heavy atom. The molecule has 0 unspecified atom stereocenters. The molecule has 0 fully saturated rings. The van der Waals surface area contributed by atoms with Crippen LogP contribution in [0.3, 0.4) is 0 Å². The molecule has 2 rings (SSSR count). The van der Waals surface area contributed by atoms with E-state index in [1.807, 2.05) is 12.1 Å². The summed E-state index contributed by atoms with van der Waals surface area (Å²) in [6.07, 6.45) is 0. The zero-order valence-corrected chi connectivity index (χ0v) is 12.4. The highest BCUT2D eigenvalue weighted by Gasteiger charge is 2.07. The molecule has 0 bridgehead atoms. The van der Waals surface area contributed by atoms with Crippen molar-refractivity contribution in [2.24, 2.45) is 0 Å². The molecule has 2 aromatic carbocycles. The third kappa shape index (κ3) is 4.57. The smallest absolute Gasteiger partial charge is 0.269 e. The molecule has 0 saturated carbocycles. The molecule has 0 atom stereocenters. The van der Waals surface area contributed by atoms with Crippen LogP contribution in [0.4, 0.5) is 11.4 Å². The van der Waals surface area contributed by atoms with Crippen LogP contribution in [0, 0.1) is 10.1 Å². The maximum absolute atomic E-state index is 11.7. The minimum Gasteiger partial charge on any atom is -0.484 e. The second-order valence-corrected chi connectivity index (χ2v) is 5.01. The molecule has 0 aliphatic heterocycles. The molecular weight excluding hydrogens is 340 g/mol. The monoisotopic (exact) mass is 350 g/mol. The lowest BCUT2D eigenvalue weighted by molar-refractivity contribution is -0.384. The first-order valence-corrected chi connectivity index (χ1v) is 6.76. The number of nitrogens with zero attached hydrogens (tertiary/aromatic N) is 1. The van der Waals surface area contributed by atoms with Gasteiger partial charge in [-0.15, -0.1) is 0 Å². The van der Waals surface area contributed by atoms with Crippen molar-refractivity contribution >= 4 is 33.2 Å². The number of nitro benzene ring substituents is 1. The van der Waals surface area contributed by atoms with Crippen molar-refractivity contribution in [3.63, 3.8) is 0 Å². The van der Waals surface area contributed by atoms with Crippen LogP contribution in [0.5, 0.6) is 5.75 Å². The average Bonchev–Trinajstić information content (AvgIpc) is 2.47. The molecule has 6 nitrogen and oxygen atoms in total. The fourth-order valence-electron chi connectivity index (χ4n) is 1.54. The van der Waals surface area contributed by atoms with Crippen LogP contribution >= 0.6 is 15.9 Å². The Labute approximate surface area is 129 Å². The number of hydrogen-bond acceptors (Lipinski definition) is 4. The first kappa shape index (κ1) is 15.0. The van der Waals surface area contributed by atoms with Gasteiger partial charge in [0, 0.05) is 22.3 Å². The van der Waals surface area contributed by atoms with Gasteiger partial charge in [0.1, 0.15) is 5.75 Å². The summed E-state index contributed by atoms with van der Waals surface area (Å²) in [6, 6.07) is 12.7. The minimum absolute atomic E-state index is 0.0286. The fourth-order valence-corrected chi connectivity index (χ4v) is 1.81. The Kier molecular flexibility index (Phi) is 4.89. The molecule has 0 saturated heterocycles. The number of nitro groups is 1. The van der Waals surface area contributed by atoms with Crippen LogP contribution in [0.1, 0.15) is 0 Å². The zero-order valence-electron chi connectivity index (χ0n) is 10.8. The van der Waals surface area contributed by atoms with E-state index < -0.39 is 4.92 Å². The number of anilines is 1. The van der Waals surface area contributed by atoms with Crippen molar-refractivity contribution in [1.29, 1.82) is 0 Å².